The van der Waals surface area contributed by atoms with Gasteiger partial charge in [0.1, 0.15) is 0 Å². The zero-order chi connectivity index (χ0) is 18.0. The third kappa shape index (κ3) is 5.30. The molecule has 0 saturated heterocycles. The number of nitrogens with one attached hydrogen (secondary N) is 2. The highest BCUT2D eigenvalue weighted by Gasteiger charge is 2.45. The van der Waals surface area contributed by atoms with Crippen molar-refractivity contribution in [3.05, 3.63) is 35.9 Å². The molecule has 0 heterocycles. The fraction of sp³-hybridized carbons (Fsp3) is 0.550. The van der Waals surface area contributed by atoms with Gasteiger partial charge in [0.15, 0.2) is 5.60 Å². The van der Waals surface area contributed by atoms with Gasteiger partial charge in [-0.3, -0.25) is 4.79 Å². The second-order valence-electron chi connectivity index (χ2n) is 6.40. The van der Waals surface area contributed by atoms with E-state index >= 15 is 0 Å². The Balaban J connectivity index is 2.03. The molecule has 1 atom stereocenters. The van der Waals surface area contributed by atoms with E-state index in [-0.39, 0.29) is 25.0 Å². The van der Waals surface area contributed by atoms with Crippen LogP contribution in [0.2, 0.25) is 0 Å². The highest BCUT2D eigenvalue weighted by Crippen LogP contribution is 2.39. The Bertz CT molecular complexity index is 588. The van der Waals surface area contributed by atoms with E-state index in [1.165, 1.54) is 0 Å². The quantitative estimate of drug-likeness (QED) is 0.442. The van der Waals surface area contributed by atoms with Gasteiger partial charge >= 0.3 is 0 Å². The Morgan fingerprint density at radius 2 is 1.80 bits per heavy atom. The SMILES string of the molecule is O=C(NCC#CCNCCO)C(O)(c1ccccc1)C1CCCCC1. The number of aliphatic hydroxyl groups excluding tert-OH is 1. The van der Waals surface area contributed by atoms with Crippen LogP contribution in [-0.2, 0) is 10.4 Å². The van der Waals surface area contributed by atoms with Gasteiger partial charge in [0.25, 0.3) is 5.91 Å². The van der Waals surface area contributed by atoms with Gasteiger partial charge < -0.3 is 20.8 Å². The van der Waals surface area contributed by atoms with Crippen LogP contribution >= 0.6 is 0 Å². The first-order valence-electron chi connectivity index (χ1n) is 9.03. The van der Waals surface area contributed by atoms with Crippen molar-refractivity contribution in [1.29, 1.82) is 0 Å². The van der Waals surface area contributed by atoms with Gasteiger partial charge in [0, 0.05) is 12.5 Å². The Labute approximate surface area is 149 Å². The maximum Gasteiger partial charge on any atom is 0.257 e. The molecule has 1 amide bonds. The van der Waals surface area contributed by atoms with Crippen LogP contribution in [0.3, 0.4) is 0 Å². The molecule has 1 unspecified atom stereocenters. The summed E-state index contributed by atoms with van der Waals surface area (Å²) < 4.78 is 0. The molecular formula is C20H28N2O3. The van der Waals surface area contributed by atoms with Gasteiger partial charge in [-0.2, -0.15) is 0 Å². The summed E-state index contributed by atoms with van der Waals surface area (Å²) in [6.45, 7) is 1.23. The van der Waals surface area contributed by atoms with Crippen LogP contribution in [0.25, 0.3) is 0 Å². The normalized spacial score (nSPS) is 17.2. The average molecular weight is 344 g/mol. The largest absolute Gasteiger partial charge is 0.395 e. The molecule has 4 N–H and O–H groups in total. The second kappa shape index (κ2) is 10.2. The summed E-state index contributed by atoms with van der Waals surface area (Å²) in [7, 11) is 0. The van der Waals surface area contributed by atoms with Crippen LogP contribution < -0.4 is 10.6 Å². The van der Waals surface area contributed by atoms with E-state index in [1.807, 2.05) is 30.3 Å². The Morgan fingerprint density at radius 1 is 1.12 bits per heavy atom. The molecule has 1 aliphatic rings. The maximum absolute atomic E-state index is 12.8. The molecule has 1 aromatic rings. The lowest BCUT2D eigenvalue weighted by atomic mass is 9.73. The number of aliphatic hydroxyl groups is 2. The molecule has 0 aliphatic heterocycles. The first-order valence-corrected chi connectivity index (χ1v) is 9.03. The van der Waals surface area contributed by atoms with Gasteiger partial charge in [0.2, 0.25) is 0 Å². The third-order valence-electron chi connectivity index (χ3n) is 4.72. The predicted octanol–water partition coefficient (Wildman–Crippen LogP) is 1.16. The Kier molecular flexibility index (Phi) is 7.93. The molecule has 0 radical (unpaired) electrons. The fourth-order valence-corrected chi connectivity index (χ4v) is 3.38. The van der Waals surface area contributed by atoms with E-state index in [2.05, 4.69) is 22.5 Å². The molecular weight excluding hydrogens is 316 g/mol. The van der Waals surface area contributed by atoms with Crippen LogP contribution in [0.1, 0.15) is 37.7 Å². The van der Waals surface area contributed by atoms with Crippen molar-refractivity contribution in [2.24, 2.45) is 5.92 Å². The maximum atomic E-state index is 12.8. The van der Waals surface area contributed by atoms with Crippen molar-refractivity contribution in [2.45, 2.75) is 37.7 Å². The van der Waals surface area contributed by atoms with Gasteiger partial charge in [0.05, 0.1) is 19.7 Å². The average Bonchev–Trinajstić information content (AvgIpc) is 2.67. The van der Waals surface area contributed by atoms with E-state index in [0.717, 1.165) is 32.1 Å². The van der Waals surface area contributed by atoms with E-state index in [9.17, 15) is 9.90 Å². The third-order valence-corrected chi connectivity index (χ3v) is 4.72. The summed E-state index contributed by atoms with van der Waals surface area (Å²) in [5, 5.41) is 25.7. The highest BCUT2D eigenvalue weighted by molar-refractivity contribution is 5.87. The number of amides is 1. The second-order valence-corrected chi connectivity index (χ2v) is 6.40. The molecule has 1 saturated carbocycles. The fourth-order valence-electron chi connectivity index (χ4n) is 3.38. The lowest BCUT2D eigenvalue weighted by Gasteiger charge is -2.37. The minimum absolute atomic E-state index is 0.0668. The predicted molar refractivity (Wildman–Crippen MR) is 97.7 cm³/mol. The van der Waals surface area contributed by atoms with Crippen LogP contribution in [0.15, 0.2) is 30.3 Å². The van der Waals surface area contributed by atoms with Crippen LogP contribution in [0.5, 0.6) is 0 Å². The van der Waals surface area contributed by atoms with Crippen LogP contribution in [0, 0.1) is 17.8 Å². The van der Waals surface area contributed by atoms with Gasteiger partial charge in [-0.05, 0) is 18.4 Å². The van der Waals surface area contributed by atoms with Gasteiger partial charge in [-0.15, -0.1) is 0 Å². The van der Waals surface area contributed by atoms with Gasteiger partial charge in [-0.1, -0.05) is 61.4 Å². The van der Waals surface area contributed by atoms with Crippen molar-refractivity contribution in [1.82, 2.24) is 10.6 Å². The van der Waals surface area contributed by atoms with E-state index in [0.29, 0.717) is 18.7 Å². The Morgan fingerprint density at radius 3 is 2.48 bits per heavy atom. The zero-order valence-electron chi connectivity index (χ0n) is 14.6. The molecule has 2 rings (SSSR count). The minimum atomic E-state index is -1.50. The van der Waals surface area contributed by atoms with E-state index in [4.69, 9.17) is 5.11 Å². The van der Waals surface area contributed by atoms with Crippen molar-refractivity contribution >= 4 is 5.91 Å². The molecule has 0 aromatic heterocycles. The summed E-state index contributed by atoms with van der Waals surface area (Å²) in [6, 6.07) is 9.22. The van der Waals surface area contributed by atoms with E-state index < -0.39 is 5.60 Å². The zero-order valence-corrected chi connectivity index (χ0v) is 14.6. The van der Waals surface area contributed by atoms with Crippen molar-refractivity contribution < 1.29 is 15.0 Å². The number of hydrogen-bond donors (Lipinski definition) is 4. The van der Waals surface area contributed by atoms with Crippen LogP contribution in [0.4, 0.5) is 0 Å². The molecule has 136 valence electrons. The van der Waals surface area contributed by atoms with Gasteiger partial charge in [-0.25, -0.2) is 0 Å². The Hall–Kier alpha value is -1.87. The molecule has 0 bridgehead atoms. The molecule has 0 spiro atoms. The van der Waals surface area contributed by atoms with Crippen molar-refractivity contribution in [2.75, 3.05) is 26.2 Å². The summed E-state index contributed by atoms with van der Waals surface area (Å²) in [5.74, 6) is 5.30. The monoisotopic (exact) mass is 344 g/mol. The minimum Gasteiger partial charge on any atom is -0.395 e. The summed E-state index contributed by atoms with van der Waals surface area (Å²) in [4.78, 5) is 12.8. The number of carbonyl (C=O) groups excluding carboxylic acids is 1. The first kappa shape index (κ1) is 19.5. The smallest absolute Gasteiger partial charge is 0.257 e. The molecule has 1 fully saturated rings. The molecule has 25 heavy (non-hydrogen) atoms. The number of carbonyl (C=O) groups is 1. The standard InChI is InChI=1S/C20H28N2O3/c23-16-15-21-13-7-8-14-22-19(24)20(25,17-9-3-1-4-10-17)18-11-5-2-6-12-18/h1,3-4,9-10,18,21,23,25H,2,5-6,11-16H2,(H,22,24). The summed E-state index contributed by atoms with van der Waals surface area (Å²) in [5.41, 5.74) is -0.852. The van der Waals surface area contributed by atoms with Crippen molar-refractivity contribution in [3.63, 3.8) is 0 Å². The molecule has 5 nitrogen and oxygen atoms in total. The number of benzene rings is 1. The highest BCUT2D eigenvalue weighted by atomic mass is 16.3. The summed E-state index contributed by atoms with van der Waals surface area (Å²) >= 11 is 0. The first-order chi connectivity index (χ1) is 12.2. The lowest BCUT2D eigenvalue weighted by molar-refractivity contribution is -0.149. The number of hydrogen-bond acceptors (Lipinski definition) is 4. The molecule has 5 heteroatoms. The lowest BCUT2D eigenvalue weighted by Crippen LogP contribution is -2.50. The molecule has 1 aromatic carbocycles. The van der Waals surface area contributed by atoms with E-state index in [1.54, 1.807) is 0 Å². The molecule has 1 aliphatic carbocycles. The van der Waals surface area contributed by atoms with Crippen LogP contribution in [-0.4, -0.2) is 42.4 Å². The topological polar surface area (TPSA) is 81.6 Å². The number of rotatable bonds is 7. The summed E-state index contributed by atoms with van der Waals surface area (Å²) in [6.07, 6.45) is 4.97. The van der Waals surface area contributed by atoms with Crippen molar-refractivity contribution in [3.8, 4) is 11.8 Å².